The second kappa shape index (κ2) is 9.58. The molecule has 3 saturated carbocycles. The summed E-state index contributed by atoms with van der Waals surface area (Å²) in [6.45, 7) is 14.3. The molecule has 0 aromatic rings. The molecule has 4 unspecified atom stereocenters. The van der Waals surface area contributed by atoms with Gasteiger partial charge >= 0.3 is 0 Å². The quantitative estimate of drug-likeness (QED) is 0.420. The van der Waals surface area contributed by atoms with E-state index in [1.165, 1.54) is 31.3 Å². The maximum atomic E-state index is 11.3. The molecule has 11 atom stereocenters. The lowest BCUT2D eigenvalue weighted by Gasteiger charge is -2.60. The Labute approximate surface area is 203 Å². The molecule has 33 heavy (non-hydrogen) atoms. The molecular formula is C30H52O3. The lowest BCUT2D eigenvalue weighted by atomic mass is 9.46. The summed E-state index contributed by atoms with van der Waals surface area (Å²) < 4.78 is 6.17. The van der Waals surface area contributed by atoms with Crippen LogP contribution in [0.2, 0.25) is 0 Å². The third kappa shape index (κ3) is 4.27. The molecule has 0 aromatic heterocycles. The van der Waals surface area contributed by atoms with E-state index < -0.39 is 0 Å². The number of hydrogen-bond acceptors (Lipinski definition) is 3. The molecule has 4 aliphatic carbocycles. The van der Waals surface area contributed by atoms with Crippen LogP contribution >= 0.6 is 0 Å². The number of aliphatic hydroxyl groups is 2. The summed E-state index contributed by atoms with van der Waals surface area (Å²) in [5.41, 5.74) is 2.00. The van der Waals surface area contributed by atoms with E-state index in [0.29, 0.717) is 46.8 Å². The van der Waals surface area contributed by atoms with Crippen molar-refractivity contribution in [1.29, 1.82) is 0 Å². The normalized spacial score (nSPS) is 45.6. The van der Waals surface area contributed by atoms with Gasteiger partial charge in [0.25, 0.3) is 0 Å². The van der Waals surface area contributed by atoms with Gasteiger partial charge in [-0.1, -0.05) is 59.6 Å². The van der Waals surface area contributed by atoms with E-state index >= 15 is 0 Å². The molecule has 2 N–H and O–H groups in total. The Morgan fingerprint density at radius 3 is 2.42 bits per heavy atom. The molecular weight excluding hydrogens is 408 g/mol. The van der Waals surface area contributed by atoms with Crippen LogP contribution in [0.1, 0.15) is 99.3 Å². The molecule has 4 rings (SSSR count). The summed E-state index contributed by atoms with van der Waals surface area (Å²) in [5.74, 6) is 4.13. The molecule has 0 heterocycles. The Morgan fingerprint density at radius 2 is 1.79 bits per heavy atom. The maximum absolute atomic E-state index is 11.3. The molecule has 0 saturated heterocycles. The maximum Gasteiger partial charge on any atom is 0.0788 e. The Kier molecular flexibility index (Phi) is 7.46. The average Bonchev–Trinajstić information content (AvgIpc) is 3.13. The molecule has 190 valence electrons. The van der Waals surface area contributed by atoms with Gasteiger partial charge in [0.15, 0.2) is 0 Å². The summed E-state index contributed by atoms with van der Waals surface area (Å²) in [6.07, 6.45) is 12.3. The van der Waals surface area contributed by atoms with Gasteiger partial charge in [0.1, 0.15) is 0 Å². The highest BCUT2D eigenvalue weighted by Crippen LogP contribution is 2.67. The Morgan fingerprint density at radius 1 is 1.06 bits per heavy atom. The van der Waals surface area contributed by atoms with Crippen LogP contribution in [-0.4, -0.2) is 35.6 Å². The molecule has 0 bridgehead atoms. The first-order chi connectivity index (χ1) is 15.6. The summed E-state index contributed by atoms with van der Waals surface area (Å²) in [5, 5.41) is 21.7. The zero-order valence-corrected chi connectivity index (χ0v) is 22.5. The van der Waals surface area contributed by atoms with Crippen molar-refractivity contribution in [2.75, 3.05) is 7.11 Å². The van der Waals surface area contributed by atoms with Gasteiger partial charge in [-0.3, -0.25) is 0 Å². The summed E-state index contributed by atoms with van der Waals surface area (Å²) in [6, 6.07) is 0. The van der Waals surface area contributed by atoms with Gasteiger partial charge in [0.2, 0.25) is 0 Å². The highest BCUT2D eigenvalue weighted by atomic mass is 16.5. The van der Waals surface area contributed by atoms with Gasteiger partial charge in [0.05, 0.1) is 18.3 Å². The number of ether oxygens (including phenoxy) is 1. The van der Waals surface area contributed by atoms with E-state index in [4.69, 9.17) is 4.74 Å². The van der Waals surface area contributed by atoms with Crippen molar-refractivity contribution in [2.45, 2.75) is 118 Å². The lowest BCUT2D eigenvalue weighted by molar-refractivity contribution is -0.111. The summed E-state index contributed by atoms with van der Waals surface area (Å²) >= 11 is 0. The molecule has 0 spiro atoms. The van der Waals surface area contributed by atoms with E-state index in [1.54, 1.807) is 0 Å². The smallest absolute Gasteiger partial charge is 0.0788 e. The number of aliphatic hydroxyl groups excluding tert-OH is 2. The fourth-order valence-electron chi connectivity index (χ4n) is 9.44. The number of methoxy groups -OCH3 is 1. The Bertz CT molecular complexity index is 715. The largest absolute Gasteiger partial charge is 0.393 e. The van der Waals surface area contributed by atoms with Gasteiger partial charge in [0, 0.05) is 7.11 Å². The van der Waals surface area contributed by atoms with Crippen LogP contribution in [0, 0.1) is 52.3 Å². The van der Waals surface area contributed by atoms with Crippen molar-refractivity contribution >= 4 is 0 Å². The zero-order chi connectivity index (χ0) is 24.1. The lowest BCUT2D eigenvalue weighted by Crippen LogP contribution is -2.55. The predicted molar refractivity (Wildman–Crippen MR) is 136 cm³/mol. The molecule has 0 aromatic carbocycles. The van der Waals surface area contributed by atoms with Crippen molar-refractivity contribution in [2.24, 2.45) is 52.3 Å². The highest BCUT2D eigenvalue weighted by Gasteiger charge is 2.61. The number of hydrogen-bond donors (Lipinski definition) is 2. The standard InChI is InChI=1S/C30H52O3/c1-8-20(18(2)3)15-26(32)19(4)23-9-10-24-28-25(12-14-30(23,24)6)29(5)13-11-22(31)16-21(29)17-27(28)33-7/h17-20,22-28,31-32H,8-16H2,1-7H3/t19-,20-,22-,23?,24?,25?,26+,27+,28?,29-,30+/m0/s1. The van der Waals surface area contributed by atoms with E-state index in [1.807, 2.05) is 7.11 Å². The van der Waals surface area contributed by atoms with Crippen molar-refractivity contribution in [3.8, 4) is 0 Å². The van der Waals surface area contributed by atoms with Crippen LogP contribution in [0.4, 0.5) is 0 Å². The van der Waals surface area contributed by atoms with Gasteiger partial charge in [-0.2, -0.15) is 0 Å². The molecule has 0 amide bonds. The molecule has 0 radical (unpaired) electrons. The monoisotopic (exact) mass is 460 g/mol. The predicted octanol–water partition coefficient (Wildman–Crippen LogP) is 6.62. The van der Waals surface area contributed by atoms with Crippen LogP contribution in [0.25, 0.3) is 0 Å². The minimum Gasteiger partial charge on any atom is -0.393 e. The minimum absolute atomic E-state index is 0.178. The van der Waals surface area contributed by atoms with Crippen LogP contribution in [-0.2, 0) is 4.74 Å². The fourth-order valence-corrected chi connectivity index (χ4v) is 9.44. The van der Waals surface area contributed by atoms with Gasteiger partial charge < -0.3 is 14.9 Å². The van der Waals surface area contributed by atoms with Crippen molar-refractivity contribution in [1.82, 2.24) is 0 Å². The third-order valence-electron chi connectivity index (χ3n) is 11.7. The first-order valence-corrected chi connectivity index (χ1v) is 14.2. The second-order valence-electron chi connectivity index (χ2n) is 13.3. The van der Waals surface area contributed by atoms with E-state index in [0.717, 1.165) is 32.1 Å². The number of rotatable bonds is 7. The van der Waals surface area contributed by atoms with Gasteiger partial charge in [-0.15, -0.1) is 0 Å². The van der Waals surface area contributed by atoms with Crippen LogP contribution < -0.4 is 0 Å². The first-order valence-electron chi connectivity index (χ1n) is 14.2. The van der Waals surface area contributed by atoms with Crippen molar-refractivity contribution < 1.29 is 14.9 Å². The first kappa shape index (κ1) is 25.7. The molecule has 3 nitrogen and oxygen atoms in total. The summed E-state index contributed by atoms with van der Waals surface area (Å²) in [4.78, 5) is 0. The fraction of sp³-hybridized carbons (Fsp3) is 0.933. The minimum atomic E-state index is -0.191. The molecule has 0 aliphatic heterocycles. The SMILES string of the molecule is CC[C@@H](C[C@@H](O)[C@@H](C)C1CCC2C3C(CC[C@@]21C)[C@@]1(C)CC[C@H](O)CC1=C[C@H]3OC)C(C)C. The van der Waals surface area contributed by atoms with Crippen LogP contribution in [0.5, 0.6) is 0 Å². The topological polar surface area (TPSA) is 49.7 Å². The Balaban J connectivity index is 1.57. The molecule has 3 heteroatoms. The third-order valence-corrected chi connectivity index (χ3v) is 11.7. The highest BCUT2D eigenvalue weighted by molar-refractivity contribution is 5.28. The van der Waals surface area contributed by atoms with Gasteiger partial charge in [-0.25, -0.2) is 0 Å². The molecule has 4 aliphatic rings. The number of fused-ring (bicyclic) bond motifs is 5. The van der Waals surface area contributed by atoms with E-state index in [-0.39, 0.29) is 23.7 Å². The molecule has 3 fully saturated rings. The van der Waals surface area contributed by atoms with Crippen LogP contribution in [0.15, 0.2) is 11.6 Å². The van der Waals surface area contributed by atoms with Gasteiger partial charge in [-0.05, 0) is 104 Å². The zero-order valence-electron chi connectivity index (χ0n) is 22.5. The summed E-state index contributed by atoms with van der Waals surface area (Å²) in [7, 11) is 1.89. The Hall–Kier alpha value is -0.380. The van der Waals surface area contributed by atoms with Crippen LogP contribution in [0.3, 0.4) is 0 Å². The average molecular weight is 461 g/mol. The van der Waals surface area contributed by atoms with Crippen molar-refractivity contribution in [3.63, 3.8) is 0 Å². The second-order valence-corrected chi connectivity index (χ2v) is 13.3. The van der Waals surface area contributed by atoms with Crippen molar-refractivity contribution in [3.05, 3.63) is 11.6 Å². The van der Waals surface area contributed by atoms with E-state index in [2.05, 4.69) is 47.6 Å². The van der Waals surface area contributed by atoms with E-state index in [9.17, 15) is 10.2 Å².